The summed E-state index contributed by atoms with van der Waals surface area (Å²) in [5.74, 6) is 0.675. The number of H-pyrrole nitrogens is 1. The van der Waals surface area contributed by atoms with Crippen molar-refractivity contribution >= 4 is 12.0 Å². The fourth-order valence-electron chi connectivity index (χ4n) is 2.00. The number of rotatable bonds is 3. The maximum atomic E-state index is 12.2. The number of hydrogen-bond donors (Lipinski definition) is 1. The summed E-state index contributed by atoms with van der Waals surface area (Å²) in [5, 5.41) is 6.64. The molecule has 110 valence electrons. The van der Waals surface area contributed by atoms with Crippen molar-refractivity contribution in [3.8, 4) is 0 Å². The maximum absolute atomic E-state index is 12.2. The van der Waals surface area contributed by atoms with E-state index in [0.29, 0.717) is 45.0 Å². The Kier molecular flexibility index (Phi) is 4.54. The highest BCUT2D eigenvalue weighted by Crippen LogP contribution is 2.07. The van der Waals surface area contributed by atoms with Crippen LogP contribution in [-0.2, 0) is 11.2 Å². The second-order valence-corrected chi connectivity index (χ2v) is 4.44. The van der Waals surface area contributed by atoms with Crippen LogP contribution in [0.5, 0.6) is 0 Å². The van der Waals surface area contributed by atoms with Gasteiger partial charge in [0.2, 0.25) is 5.82 Å². The standard InChI is InChI=1S/C12H19N5O3/c1-3-9-13-10(15-14-9)11(18)16-5-7-17(8-6-16)12(19)20-4-2/h3-8H2,1-2H3,(H,13,14,15). The number of nitrogens with one attached hydrogen (secondary N) is 1. The Morgan fingerprint density at radius 3 is 2.40 bits per heavy atom. The molecule has 0 saturated carbocycles. The number of amides is 2. The second-order valence-electron chi connectivity index (χ2n) is 4.44. The maximum Gasteiger partial charge on any atom is 0.409 e. The van der Waals surface area contributed by atoms with Crippen molar-refractivity contribution in [1.82, 2.24) is 25.0 Å². The zero-order valence-electron chi connectivity index (χ0n) is 11.8. The number of hydrogen-bond acceptors (Lipinski definition) is 5. The molecule has 1 aromatic heterocycles. The second kappa shape index (κ2) is 6.36. The Morgan fingerprint density at radius 2 is 1.85 bits per heavy atom. The van der Waals surface area contributed by atoms with Crippen LogP contribution >= 0.6 is 0 Å². The zero-order chi connectivity index (χ0) is 14.5. The fourth-order valence-corrected chi connectivity index (χ4v) is 2.00. The Bertz CT molecular complexity index is 479. The zero-order valence-corrected chi connectivity index (χ0v) is 11.8. The first-order valence-corrected chi connectivity index (χ1v) is 6.78. The molecule has 0 aliphatic carbocycles. The molecular formula is C12H19N5O3. The molecular weight excluding hydrogens is 262 g/mol. The monoisotopic (exact) mass is 281 g/mol. The van der Waals surface area contributed by atoms with E-state index in [4.69, 9.17) is 4.74 Å². The molecule has 0 atom stereocenters. The largest absolute Gasteiger partial charge is 0.450 e. The molecule has 1 aliphatic rings. The third-order valence-electron chi connectivity index (χ3n) is 3.15. The van der Waals surface area contributed by atoms with Crippen molar-refractivity contribution in [1.29, 1.82) is 0 Å². The van der Waals surface area contributed by atoms with Crippen LogP contribution in [0.2, 0.25) is 0 Å². The highest BCUT2D eigenvalue weighted by Gasteiger charge is 2.27. The number of aromatic amines is 1. The van der Waals surface area contributed by atoms with E-state index in [1.807, 2.05) is 6.92 Å². The predicted molar refractivity (Wildman–Crippen MR) is 70.3 cm³/mol. The van der Waals surface area contributed by atoms with E-state index in [-0.39, 0.29) is 17.8 Å². The molecule has 0 spiro atoms. The van der Waals surface area contributed by atoms with E-state index in [9.17, 15) is 9.59 Å². The van der Waals surface area contributed by atoms with Gasteiger partial charge in [0.15, 0.2) is 0 Å². The van der Waals surface area contributed by atoms with Gasteiger partial charge >= 0.3 is 6.09 Å². The number of nitrogens with zero attached hydrogens (tertiary/aromatic N) is 4. The molecule has 20 heavy (non-hydrogen) atoms. The first-order valence-electron chi connectivity index (χ1n) is 6.78. The highest BCUT2D eigenvalue weighted by atomic mass is 16.6. The molecule has 1 N–H and O–H groups in total. The summed E-state index contributed by atoms with van der Waals surface area (Å²) in [6.45, 7) is 5.93. The highest BCUT2D eigenvalue weighted by molar-refractivity contribution is 5.90. The van der Waals surface area contributed by atoms with Crippen molar-refractivity contribution in [2.75, 3.05) is 32.8 Å². The third-order valence-corrected chi connectivity index (χ3v) is 3.15. The lowest BCUT2D eigenvalue weighted by Gasteiger charge is -2.33. The van der Waals surface area contributed by atoms with Gasteiger partial charge in [0, 0.05) is 32.6 Å². The van der Waals surface area contributed by atoms with E-state index < -0.39 is 0 Å². The molecule has 8 nitrogen and oxygen atoms in total. The number of piperazine rings is 1. The molecule has 8 heteroatoms. The lowest BCUT2D eigenvalue weighted by Crippen LogP contribution is -2.50. The topological polar surface area (TPSA) is 91.4 Å². The van der Waals surface area contributed by atoms with Gasteiger partial charge in [-0.1, -0.05) is 6.92 Å². The summed E-state index contributed by atoms with van der Waals surface area (Å²) in [6.07, 6.45) is 0.377. The first-order chi connectivity index (χ1) is 9.65. The summed E-state index contributed by atoms with van der Waals surface area (Å²) in [4.78, 5) is 31.1. The Hall–Kier alpha value is -2.12. The molecule has 0 radical (unpaired) electrons. The Balaban J connectivity index is 1.90. The molecule has 2 rings (SSSR count). The van der Waals surface area contributed by atoms with Crippen molar-refractivity contribution in [3.05, 3.63) is 11.6 Å². The molecule has 1 fully saturated rings. The van der Waals surface area contributed by atoms with Gasteiger partial charge in [0.25, 0.3) is 5.91 Å². The van der Waals surface area contributed by atoms with Crippen LogP contribution in [0.1, 0.15) is 30.3 Å². The van der Waals surface area contributed by atoms with E-state index in [1.54, 1.807) is 16.7 Å². The third kappa shape index (κ3) is 3.06. The lowest BCUT2D eigenvalue weighted by atomic mass is 10.3. The normalized spacial score (nSPS) is 15.3. The van der Waals surface area contributed by atoms with Gasteiger partial charge in [0.1, 0.15) is 5.82 Å². The van der Waals surface area contributed by atoms with Crippen LogP contribution in [-0.4, -0.2) is 69.8 Å². The van der Waals surface area contributed by atoms with Crippen LogP contribution < -0.4 is 0 Å². The van der Waals surface area contributed by atoms with Gasteiger partial charge in [-0.25, -0.2) is 9.78 Å². The molecule has 0 bridgehead atoms. The number of carbonyl (C=O) groups is 2. The number of ether oxygens (including phenoxy) is 1. The average Bonchev–Trinajstić information content (AvgIpc) is 2.96. The summed E-state index contributed by atoms with van der Waals surface area (Å²) in [6, 6.07) is 0. The van der Waals surface area contributed by atoms with Crippen molar-refractivity contribution in [2.24, 2.45) is 0 Å². The molecule has 2 amide bonds. The smallest absolute Gasteiger partial charge is 0.409 e. The fraction of sp³-hybridized carbons (Fsp3) is 0.667. The van der Waals surface area contributed by atoms with Gasteiger partial charge < -0.3 is 14.5 Å². The van der Waals surface area contributed by atoms with Gasteiger partial charge in [-0.2, -0.15) is 0 Å². The molecule has 1 saturated heterocycles. The van der Waals surface area contributed by atoms with Gasteiger partial charge in [0.05, 0.1) is 6.61 Å². The number of aromatic nitrogens is 3. The number of carbonyl (C=O) groups excluding carboxylic acids is 2. The molecule has 0 unspecified atom stereocenters. The summed E-state index contributed by atoms with van der Waals surface area (Å²) < 4.78 is 4.93. The summed E-state index contributed by atoms with van der Waals surface area (Å²) >= 11 is 0. The summed E-state index contributed by atoms with van der Waals surface area (Å²) in [5.41, 5.74) is 0. The van der Waals surface area contributed by atoms with E-state index >= 15 is 0 Å². The van der Waals surface area contributed by atoms with Gasteiger partial charge in [-0.15, -0.1) is 5.10 Å². The molecule has 0 aromatic carbocycles. The van der Waals surface area contributed by atoms with Crippen LogP contribution in [0.25, 0.3) is 0 Å². The Labute approximate surface area is 117 Å². The van der Waals surface area contributed by atoms with Crippen molar-refractivity contribution in [3.63, 3.8) is 0 Å². The van der Waals surface area contributed by atoms with E-state index in [2.05, 4.69) is 15.2 Å². The summed E-state index contributed by atoms with van der Waals surface area (Å²) in [7, 11) is 0. The minimum absolute atomic E-state index is 0.187. The van der Waals surface area contributed by atoms with Crippen molar-refractivity contribution in [2.45, 2.75) is 20.3 Å². The van der Waals surface area contributed by atoms with Crippen molar-refractivity contribution < 1.29 is 14.3 Å². The van der Waals surface area contributed by atoms with E-state index in [0.717, 1.165) is 0 Å². The average molecular weight is 281 g/mol. The van der Waals surface area contributed by atoms with Crippen LogP contribution in [0, 0.1) is 0 Å². The van der Waals surface area contributed by atoms with Crippen LogP contribution in [0.15, 0.2) is 0 Å². The molecule has 1 aliphatic heterocycles. The van der Waals surface area contributed by atoms with Crippen LogP contribution in [0.4, 0.5) is 4.79 Å². The SMILES string of the molecule is CCOC(=O)N1CCN(C(=O)c2n[nH]c(CC)n2)CC1. The lowest BCUT2D eigenvalue weighted by molar-refractivity contribution is 0.0561. The Morgan fingerprint density at radius 1 is 1.20 bits per heavy atom. The van der Waals surface area contributed by atoms with Gasteiger partial charge in [-0.05, 0) is 6.92 Å². The minimum atomic E-state index is -0.328. The predicted octanol–water partition coefficient (Wildman–Crippen LogP) is 0.281. The first kappa shape index (κ1) is 14.3. The van der Waals surface area contributed by atoms with Crippen LogP contribution in [0.3, 0.4) is 0 Å². The molecule has 1 aromatic rings. The van der Waals surface area contributed by atoms with Gasteiger partial charge in [-0.3, -0.25) is 9.89 Å². The minimum Gasteiger partial charge on any atom is -0.450 e. The quantitative estimate of drug-likeness (QED) is 0.859. The number of aryl methyl sites for hydroxylation is 1. The van der Waals surface area contributed by atoms with E-state index in [1.165, 1.54) is 0 Å². The molecule has 2 heterocycles.